The Morgan fingerprint density at radius 1 is 1.04 bits per heavy atom. The zero-order valence-corrected chi connectivity index (χ0v) is 28.6. The molecule has 1 saturated heterocycles. The molecule has 246 valence electrons. The molecule has 0 atom stereocenters. The molecule has 0 aliphatic carbocycles. The SMILES string of the molecule is CCc1cccc(F)c1S(=O)(=O)Nn1cccc(-c2nc(C(C)(C)C)sc2-c2ccnc(NC3CCN(S(C)(=O)=O)CC3)n2)c1=O. The number of benzene rings is 1. The number of pyridine rings is 1. The fraction of sp³-hybridized carbons (Fsp3) is 0.400. The standard InChI is InChI=1S/C30H36FN7O5S3/c1-6-19-9-7-11-22(31)26(19)46(42,43)36-38-16-8-10-21(27(38)39)24-25(44-28(35-24)30(2,3)4)23-12-15-32-29(34-23)33-20-13-17-37(18-14-20)45(5,40)41/h7-12,15-16,20,36H,6,13-14,17-18H2,1-5H3,(H,32,33,34). The second kappa shape index (κ2) is 12.8. The van der Waals surface area contributed by atoms with Crippen molar-refractivity contribution < 1.29 is 21.2 Å². The molecule has 0 saturated carbocycles. The van der Waals surface area contributed by atoms with E-state index in [2.05, 4.69) is 15.1 Å². The molecule has 1 aliphatic rings. The molecule has 46 heavy (non-hydrogen) atoms. The number of nitrogens with one attached hydrogen (secondary N) is 2. The maximum atomic E-state index is 14.7. The van der Waals surface area contributed by atoms with Gasteiger partial charge in [0.25, 0.3) is 15.6 Å². The van der Waals surface area contributed by atoms with E-state index in [1.807, 2.05) is 20.8 Å². The molecule has 12 nitrogen and oxygen atoms in total. The summed E-state index contributed by atoms with van der Waals surface area (Å²) in [6.45, 7) is 8.48. The summed E-state index contributed by atoms with van der Waals surface area (Å²) >= 11 is 1.36. The molecule has 2 N–H and O–H groups in total. The van der Waals surface area contributed by atoms with Crippen molar-refractivity contribution in [2.45, 2.75) is 63.3 Å². The molecule has 0 unspecified atom stereocenters. The summed E-state index contributed by atoms with van der Waals surface area (Å²) < 4.78 is 67.4. The molecular weight excluding hydrogens is 654 g/mol. The van der Waals surface area contributed by atoms with Crippen LogP contribution in [0.3, 0.4) is 0 Å². The summed E-state index contributed by atoms with van der Waals surface area (Å²) in [5, 5.41) is 4.03. The van der Waals surface area contributed by atoms with Gasteiger partial charge in [-0.3, -0.25) is 4.79 Å². The number of rotatable bonds is 9. The van der Waals surface area contributed by atoms with Crippen LogP contribution in [0.4, 0.5) is 10.3 Å². The Labute approximate surface area is 271 Å². The van der Waals surface area contributed by atoms with Crippen molar-refractivity contribution in [1.29, 1.82) is 0 Å². The molecule has 16 heteroatoms. The van der Waals surface area contributed by atoms with Gasteiger partial charge >= 0.3 is 0 Å². The zero-order valence-electron chi connectivity index (χ0n) is 26.1. The highest BCUT2D eigenvalue weighted by atomic mass is 32.2. The van der Waals surface area contributed by atoms with E-state index in [0.717, 1.165) is 15.8 Å². The van der Waals surface area contributed by atoms with Crippen LogP contribution in [-0.4, -0.2) is 66.2 Å². The first-order valence-corrected chi connectivity index (χ1v) is 18.8. The highest BCUT2D eigenvalue weighted by molar-refractivity contribution is 7.92. The van der Waals surface area contributed by atoms with Crippen LogP contribution in [0.2, 0.25) is 0 Å². The topological polar surface area (TPSA) is 156 Å². The van der Waals surface area contributed by atoms with E-state index >= 15 is 0 Å². The Morgan fingerprint density at radius 3 is 2.41 bits per heavy atom. The van der Waals surface area contributed by atoms with Crippen LogP contribution < -0.4 is 15.7 Å². The summed E-state index contributed by atoms with van der Waals surface area (Å²) in [6, 6.07) is 8.76. The number of hydrogen-bond acceptors (Lipinski definition) is 10. The number of aryl methyl sites for hydroxylation is 1. The lowest BCUT2D eigenvalue weighted by molar-refractivity contribution is 0.331. The molecule has 3 aromatic heterocycles. The van der Waals surface area contributed by atoms with Gasteiger partial charge < -0.3 is 5.32 Å². The van der Waals surface area contributed by atoms with Gasteiger partial charge in [0.2, 0.25) is 16.0 Å². The molecule has 1 aliphatic heterocycles. The largest absolute Gasteiger partial charge is 0.351 e. The first-order valence-electron chi connectivity index (χ1n) is 14.7. The Hall–Kier alpha value is -3.73. The van der Waals surface area contributed by atoms with Gasteiger partial charge in [-0.25, -0.2) is 41.6 Å². The number of piperidine rings is 1. The van der Waals surface area contributed by atoms with Crippen LogP contribution in [0, 0.1) is 5.82 Å². The minimum absolute atomic E-state index is 0.0312. The first-order chi connectivity index (χ1) is 21.6. The monoisotopic (exact) mass is 689 g/mol. The van der Waals surface area contributed by atoms with E-state index in [1.54, 1.807) is 25.3 Å². The highest BCUT2D eigenvalue weighted by Crippen LogP contribution is 2.39. The maximum Gasteiger partial charge on any atom is 0.279 e. The molecule has 5 rings (SSSR count). The molecule has 0 amide bonds. The average molecular weight is 690 g/mol. The third-order valence-corrected chi connectivity index (χ3v) is 11.8. The van der Waals surface area contributed by atoms with Gasteiger partial charge in [0.1, 0.15) is 10.7 Å². The quantitative estimate of drug-likeness (QED) is 0.263. The predicted octanol–water partition coefficient (Wildman–Crippen LogP) is 4.20. The third kappa shape index (κ3) is 7.14. The van der Waals surface area contributed by atoms with Crippen molar-refractivity contribution in [3.8, 4) is 21.8 Å². The lowest BCUT2D eigenvalue weighted by Gasteiger charge is -2.30. The summed E-state index contributed by atoms with van der Waals surface area (Å²) in [4.78, 5) is 30.0. The summed E-state index contributed by atoms with van der Waals surface area (Å²) in [5.41, 5.74) is 0.149. The van der Waals surface area contributed by atoms with E-state index < -0.39 is 36.3 Å². The molecule has 0 spiro atoms. The van der Waals surface area contributed by atoms with E-state index in [4.69, 9.17) is 9.97 Å². The van der Waals surface area contributed by atoms with Gasteiger partial charge in [-0.05, 0) is 49.1 Å². The lowest BCUT2D eigenvalue weighted by atomic mass is 9.98. The fourth-order valence-electron chi connectivity index (χ4n) is 5.12. The number of hydrogen-bond donors (Lipinski definition) is 2. The summed E-state index contributed by atoms with van der Waals surface area (Å²) in [5.74, 6) is -0.566. The second-order valence-corrected chi connectivity index (χ2v) is 16.6. The zero-order chi connectivity index (χ0) is 33.4. The summed E-state index contributed by atoms with van der Waals surface area (Å²) in [6.07, 6.45) is 5.51. The van der Waals surface area contributed by atoms with Crippen molar-refractivity contribution in [2.75, 3.05) is 29.5 Å². The highest BCUT2D eigenvalue weighted by Gasteiger charge is 2.28. The molecular formula is C30H36FN7O5S3. The van der Waals surface area contributed by atoms with Gasteiger partial charge in [-0.1, -0.05) is 39.8 Å². The van der Waals surface area contributed by atoms with Gasteiger partial charge in [0.05, 0.1) is 33.1 Å². The van der Waals surface area contributed by atoms with Crippen LogP contribution >= 0.6 is 11.3 Å². The van der Waals surface area contributed by atoms with Crippen LogP contribution in [0.25, 0.3) is 21.8 Å². The van der Waals surface area contributed by atoms with Crippen LogP contribution in [0.5, 0.6) is 0 Å². The molecule has 4 heterocycles. The van der Waals surface area contributed by atoms with Gasteiger partial charge in [-0.15, -0.1) is 11.3 Å². The van der Waals surface area contributed by atoms with E-state index in [0.29, 0.717) is 48.1 Å². The van der Waals surface area contributed by atoms with Crippen molar-refractivity contribution in [1.82, 2.24) is 23.9 Å². The Kier molecular flexibility index (Phi) is 9.37. The van der Waals surface area contributed by atoms with Gasteiger partial charge in [0, 0.05) is 36.9 Å². The molecule has 1 fully saturated rings. The number of aromatic nitrogens is 4. The number of halogens is 1. The Morgan fingerprint density at radius 2 is 1.76 bits per heavy atom. The maximum absolute atomic E-state index is 14.7. The van der Waals surface area contributed by atoms with Crippen LogP contribution in [-0.2, 0) is 31.9 Å². The average Bonchev–Trinajstić information content (AvgIpc) is 3.44. The number of thiazole rings is 1. The van der Waals surface area contributed by atoms with Gasteiger partial charge in [-0.2, -0.15) is 8.42 Å². The van der Waals surface area contributed by atoms with Crippen molar-refractivity contribution in [3.05, 3.63) is 75.5 Å². The first kappa shape index (κ1) is 33.6. The van der Waals surface area contributed by atoms with E-state index in [-0.39, 0.29) is 29.0 Å². The Bertz CT molecular complexity index is 2030. The third-order valence-electron chi connectivity index (χ3n) is 7.53. The van der Waals surface area contributed by atoms with Crippen molar-refractivity contribution in [2.24, 2.45) is 0 Å². The minimum atomic E-state index is -4.47. The molecule has 0 bridgehead atoms. The second-order valence-electron chi connectivity index (χ2n) is 12.1. The number of nitrogens with zero attached hydrogens (tertiary/aromatic N) is 5. The molecule has 0 radical (unpaired) electrons. The summed E-state index contributed by atoms with van der Waals surface area (Å²) in [7, 11) is -7.72. The molecule has 4 aromatic rings. The minimum Gasteiger partial charge on any atom is -0.351 e. The van der Waals surface area contributed by atoms with Crippen molar-refractivity contribution >= 4 is 37.3 Å². The molecule has 1 aromatic carbocycles. The van der Waals surface area contributed by atoms with Gasteiger partial charge in [0.15, 0.2) is 0 Å². The van der Waals surface area contributed by atoms with E-state index in [1.165, 1.54) is 46.3 Å². The predicted molar refractivity (Wildman–Crippen MR) is 177 cm³/mol. The van der Waals surface area contributed by atoms with Crippen molar-refractivity contribution in [3.63, 3.8) is 0 Å². The normalized spacial score (nSPS) is 15.2. The smallest absolute Gasteiger partial charge is 0.279 e. The van der Waals surface area contributed by atoms with Crippen LogP contribution in [0.1, 0.15) is 51.1 Å². The lowest BCUT2D eigenvalue weighted by Crippen LogP contribution is -2.42. The number of anilines is 1. The fourth-order valence-corrected chi connectivity index (χ4v) is 8.48. The number of sulfonamides is 2. The van der Waals surface area contributed by atoms with Crippen LogP contribution in [0.15, 0.2) is 58.5 Å². The Balaban J connectivity index is 1.51. The van der Waals surface area contributed by atoms with E-state index in [9.17, 15) is 26.0 Å².